The van der Waals surface area contributed by atoms with Gasteiger partial charge >= 0.3 is 0 Å². The first-order chi connectivity index (χ1) is 14.7. The molecule has 4 rings (SSSR count). The molecule has 2 aromatic carbocycles. The van der Waals surface area contributed by atoms with E-state index in [2.05, 4.69) is 45.4 Å². The molecule has 1 N–H and O–H groups in total. The number of amides is 1. The van der Waals surface area contributed by atoms with Crippen LogP contribution >= 0.6 is 0 Å². The summed E-state index contributed by atoms with van der Waals surface area (Å²) in [5.74, 6) is 1.26. The van der Waals surface area contributed by atoms with Gasteiger partial charge in [0.2, 0.25) is 0 Å². The fourth-order valence-corrected chi connectivity index (χ4v) is 4.07. The third-order valence-electron chi connectivity index (χ3n) is 5.73. The van der Waals surface area contributed by atoms with Crippen molar-refractivity contribution in [1.82, 2.24) is 10.2 Å². The highest BCUT2D eigenvalue weighted by Gasteiger charge is 2.19. The number of carbonyl (C=O) groups excluding carboxylic acids is 1. The van der Waals surface area contributed by atoms with E-state index in [1.807, 2.05) is 25.1 Å². The summed E-state index contributed by atoms with van der Waals surface area (Å²) in [6, 6.07) is 16.1. The maximum atomic E-state index is 12.8. The second-order valence-corrected chi connectivity index (χ2v) is 7.67. The fraction of sp³-hybridized carbons (Fsp3) is 0.375. The number of furan rings is 1. The Labute approximate surface area is 177 Å². The number of anilines is 1. The molecule has 6 nitrogen and oxygen atoms in total. The molecule has 0 atom stereocenters. The van der Waals surface area contributed by atoms with Crippen LogP contribution in [0.2, 0.25) is 0 Å². The van der Waals surface area contributed by atoms with Gasteiger partial charge < -0.3 is 19.4 Å². The lowest BCUT2D eigenvalue weighted by molar-refractivity contribution is 0.0951. The molecule has 0 aliphatic carbocycles. The molecule has 1 aliphatic rings. The Morgan fingerprint density at radius 1 is 1.10 bits per heavy atom. The van der Waals surface area contributed by atoms with Crippen molar-refractivity contribution in [3.05, 3.63) is 59.9 Å². The van der Waals surface area contributed by atoms with Gasteiger partial charge in [0, 0.05) is 43.8 Å². The molecule has 0 spiro atoms. The summed E-state index contributed by atoms with van der Waals surface area (Å²) in [5, 5.41) is 3.85. The Hall–Kier alpha value is -2.99. The molecule has 0 radical (unpaired) electrons. The normalized spacial score (nSPS) is 14.8. The predicted molar refractivity (Wildman–Crippen MR) is 120 cm³/mol. The first kappa shape index (κ1) is 20.3. The van der Waals surface area contributed by atoms with Crippen LogP contribution in [-0.2, 0) is 0 Å². The topological polar surface area (TPSA) is 58.0 Å². The minimum atomic E-state index is -0.0894. The smallest absolute Gasteiger partial charge is 0.255 e. The molecule has 1 aliphatic heterocycles. The third-order valence-corrected chi connectivity index (χ3v) is 5.73. The molecule has 3 aromatic rings. The van der Waals surface area contributed by atoms with Crippen LogP contribution in [0.25, 0.3) is 11.0 Å². The van der Waals surface area contributed by atoms with Crippen molar-refractivity contribution in [2.75, 3.05) is 51.3 Å². The lowest BCUT2D eigenvalue weighted by Crippen LogP contribution is -2.47. The number of aryl methyl sites for hydroxylation is 1. The van der Waals surface area contributed by atoms with Crippen LogP contribution in [0.1, 0.15) is 22.5 Å². The second-order valence-electron chi connectivity index (χ2n) is 7.67. The highest BCUT2D eigenvalue weighted by molar-refractivity contribution is 6.07. The number of para-hydroxylation sites is 1. The quantitative estimate of drug-likeness (QED) is 0.606. The Bertz CT molecular complexity index is 992. The summed E-state index contributed by atoms with van der Waals surface area (Å²) in [6.45, 7) is 7.64. The SMILES string of the molecule is COc1ccc2oc(C)c(C(=O)NCCCN3CCN(c4ccccc4)CC3)c2c1. The molecule has 30 heavy (non-hydrogen) atoms. The summed E-state index contributed by atoms with van der Waals surface area (Å²) < 4.78 is 11.0. The van der Waals surface area contributed by atoms with Crippen molar-refractivity contribution in [1.29, 1.82) is 0 Å². The van der Waals surface area contributed by atoms with Crippen LogP contribution in [-0.4, -0.2) is 57.2 Å². The monoisotopic (exact) mass is 407 g/mol. The number of hydrogen-bond donors (Lipinski definition) is 1. The van der Waals surface area contributed by atoms with Crippen LogP contribution in [0.3, 0.4) is 0 Å². The van der Waals surface area contributed by atoms with Gasteiger partial charge in [-0.25, -0.2) is 0 Å². The summed E-state index contributed by atoms with van der Waals surface area (Å²) in [6.07, 6.45) is 0.926. The number of methoxy groups -OCH3 is 1. The summed E-state index contributed by atoms with van der Waals surface area (Å²) >= 11 is 0. The minimum absolute atomic E-state index is 0.0894. The lowest BCUT2D eigenvalue weighted by atomic mass is 10.1. The summed E-state index contributed by atoms with van der Waals surface area (Å²) in [5.41, 5.74) is 2.60. The van der Waals surface area contributed by atoms with Gasteiger partial charge in [0.25, 0.3) is 5.91 Å². The van der Waals surface area contributed by atoms with E-state index in [0.717, 1.165) is 44.5 Å². The summed E-state index contributed by atoms with van der Waals surface area (Å²) in [7, 11) is 1.62. The van der Waals surface area contributed by atoms with Gasteiger partial charge in [-0.3, -0.25) is 9.69 Å². The van der Waals surface area contributed by atoms with Gasteiger partial charge in [-0.05, 0) is 50.2 Å². The van der Waals surface area contributed by atoms with E-state index >= 15 is 0 Å². The molecule has 2 heterocycles. The van der Waals surface area contributed by atoms with Gasteiger partial charge in [-0.15, -0.1) is 0 Å². The highest BCUT2D eigenvalue weighted by Crippen LogP contribution is 2.29. The van der Waals surface area contributed by atoms with Crippen LogP contribution in [0.5, 0.6) is 5.75 Å². The van der Waals surface area contributed by atoms with Gasteiger partial charge in [-0.2, -0.15) is 0 Å². The molecule has 1 amide bonds. The Balaban J connectivity index is 1.25. The fourth-order valence-electron chi connectivity index (χ4n) is 4.07. The highest BCUT2D eigenvalue weighted by atomic mass is 16.5. The van der Waals surface area contributed by atoms with E-state index in [-0.39, 0.29) is 5.91 Å². The molecule has 1 saturated heterocycles. The van der Waals surface area contributed by atoms with E-state index in [0.29, 0.717) is 29.2 Å². The average molecular weight is 408 g/mol. The molecule has 158 valence electrons. The molecular formula is C24H29N3O3. The standard InChI is InChI=1S/C24H29N3O3/c1-18-23(21-17-20(29-2)9-10-22(21)30-18)24(28)25-11-6-12-26-13-15-27(16-14-26)19-7-4-3-5-8-19/h3-5,7-10,17H,6,11-16H2,1-2H3,(H,25,28). The number of carbonyl (C=O) groups is 1. The van der Waals surface area contributed by atoms with Crippen molar-refractivity contribution in [2.45, 2.75) is 13.3 Å². The number of piperazine rings is 1. The van der Waals surface area contributed by atoms with E-state index in [1.165, 1.54) is 5.69 Å². The maximum Gasteiger partial charge on any atom is 0.255 e. The molecule has 0 unspecified atom stereocenters. The number of nitrogens with one attached hydrogen (secondary N) is 1. The maximum absolute atomic E-state index is 12.8. The predicted octanol–water partition coefficient (Wildman–Crippen LogP) is 3.69. The molecule has 6 heteroatoms. The van der Waals surface area contributed by atoms with Crippen molar-refractivity contribution in [2.24, 2.45) is 0 Å². The number of ether oxygens (including phenoxy) is 1. The van der Waals surface area contributed by atoms with Crippen molar-refractivity contribution < 1.29 is 13.9 Å². The molecule has 1 aromatic heterocycles. The number of hydrogen-bond acceptors (Lipinski definition) is 5. The Kier molecular flexibility index (Phi) is 6.23. The van der Waals surface area contributed by atoms with Crippen LogP contribution in [0, 0.1) is 6.92 Å². The third kappa shape index (κ3) is 4.44. The van der Waals surface area contributed by atoms with Crippen molar-refractivity contribution in [3.8, 4) is 5.75 Å². The molecule has 0 saturated carbocycles. The Morgan fingerprint density at radius 3 is 2.60 bits per heavy atom. The number of fused-ring (bicyclic) bond motifs is 1. The number of rotatable bonds is 7. The Morgan fingerprint density at radius 2 is 1.87 bits per heavy atom. The van der Waals surface area contributed by atoms with E-state index in [4.69, 9.17) is 9.15 Å². The average Bonchev–Trinajstić information content (AvgIpc) is 3.12. The minimum Gasteiger partial charge on any atom is -0.497 e. The second kappa shape index (κ2) is 9.22. The number of nitrogens with zero attached hydrogens (tertiary/aromatic N) is 2. The van der Waals surface area contributed by atoms with Crippen LogP contribution < -0.4 is 15.0 Å². The van der Waals surface area contributed by atoms with Crippen molar-refractivity contribution in [3.63, 3.8) is 0 Å². The van der Waals surface area contributed by atoms with Gasteiger partial charge in [0.05, 0.1) is 12.7 Å². The van der Waals surface area contributed by atoms with Crippen LogP contribution in [0.15, 0.2) is 52.9 Å². The van der Waals surface area contributed by atoms with Crippen molar-refractivity contribution >= 4 is 22.6 Å². The zero-order valence-electron chi connectivity index (χ0n) is 17.7. The van der Waals surface area contributed by atoms with Gasteiger partial charge in [0.15, 0.2) is 0 Å². The first-order valence-electron chi connectivity index (χ1n) is 10.5. The lowest BCUT2D eigenvalue weighted by Gasteiger charge is -2.36. The van der Waals surface area contributed by atoms with Gasteiger partial charge in [-0.1, -0.05) is 18.2 Å². The van der Waals surface area contributed by atoms with E-state index < -0.39 is 0 Å². The first-order valence-corrected chi connectivity index (χ1v) is 10.5. The molecule has 1 fully saturated rings. The summed E-state index contributed by atoms with van der Waals surface area (Å²) in [4.78, 5) is 17.7. The van der Waals surface area contributed by atoms with Gasteiger partial charge in [0.1, 0.15) is 17.1 Å². The molecular weight excluding hydrogens is 378 g/mol. The molecule has 0 bridgehead atoms. The van der Waals surface area contributed by atoms with E-state index in [9.17, 15) is 4.79 Å². The zero-order chi connectivity index (χ0) is 20.9. The largest absolute Gasteiger partial charge is 0.497 e. The van der Waals surface area contributed by atoms with Crippen LogP contribution in [0.4, 0.5) is 5.69 Å². The number of benzene rings is 2. The zero-order valence-corrected chi connectivity index (χ0v) is 17.7. The van der Waals surface area contributed by atoms with E-state index in [1.54, 1.807) is 7.11 Å².